The van der Waals surface area contributed by atoms with Crippen LogP contribution in [0.1, 0.15) is 33.3 Å². The molecule has 3 rings (SSSR count). The average molecular weight is 451 g/mol. The molecule has 1 aromatic heterocycles. The van der Waals surface area contributed by atoms with Crippen LogP contribution in [0.5, 0.6) is 0 Å². The number of amides is 2. The molecule has 2 aromatic rings. The van der Waals surface area contributed by atoms with Gasteiger partial charge in [0.05, 0.1) is 17.7 Å². The lowest BCUT2D eigenvalue weighted by Gasteiger charge is -2.25. The summed E-state index contributed by atoms with van der Waals surface area (Å²) in [6.07, 6.45) is 0.646. The van der Waals surface area contributed by atoms with Gasteiger partial charge < -0.3 is 10.2 Å². The minimum Gasteiger partial charge on any atom is -0.337 e. The second-order valence-electron chi connectivity index (χ2n) is 5.44. The van der Waals surface area contributed by atoms with Gasteiger partial charge >= 0.3 is 0 Å². The van der Waals surface area contributed by atoms with Crippen molar-refractivity contribution >= 4 is 50.7 Å². The first-order valence-corrected chi connectivity index (χ1v) is 9.26. The number of halogens is 1. The van der Waals surface area contributed by atoms with Crippen molar-refractivity contribution in [3.63, 3.8) is 0 Å². The lowest BCUT2D eigenvalue weighted by molar-refractivity contribution is -0.129. The highest BCUT2D eigenvalue weighted by Gasteiger charge is 2.26. The maximum Gasteiger partial charge on any atom is 0.257 e. The average Bonchev–Trinajstić information content (AvgIpc) is 2.91. The number of anilines is 1. The molecule has 2 heterocycles. The van der Waals surface area contributed by atoms with Gasteiger partial charge in [0, 0.05) is 21.9 Å². The van der Waals surface area contributed by atoms with Crippen LogP contribution in [0, 0.1) is 14.9 Å². The first-order chi connectivity index (χ1) is 11.5. The Bertz CT molecular complexity index is 869. The molecule has 0 atom stereocenters. The van der Waals surface area contributed by atoms with Gasteiger partial charge in [0.15, 0.2) is 0 Å². The Hall–Kier alpha value is -1.92. The molecule has 0 saturated carbocycles. The molecule has 122 valence electrons. The number of thiophene rings is 1. The highest BCUT2D eigenvalue weighted by molar-refractivity contribution is 14.1. The molecular weight excluding hydrogens is 437 g/mol. The zero-order valence-corrected chi connectivity index (χ0v) is 15.9. The minimum absolute atomic E-state index is 0.0250. The van der Waals surface area contributed by atoms with Crippen molar-refractivity contribution in [3.8, 4) is 6.07 Å². The molecule has 7 heteroatoms. The number of hydrogen-bond acceptors (Lipinski definition) is 4. The van der Waals surface area contributed by atoms with E-state index in [4.69, 9.17) is 0 Å². The molecule has 0 radical (unpaired) electrons. The number of carbonyl (C=O) groups excluding carboxylic acids is 2. The summed E-state index contributed by atoms with van der Waals surface area (Å²) >= 11 is 3.50. The Balaban J connectivity index is 1.90. The number of fused-ring (bicyclic) bond motifs is 1. The van der Waals surface area contributed by atoms with Crippen LogP contribution in [0.2, 0.25) is 0 Å². The molecule has 0 spiro atoms. The van der Waals surface area contributed by atoms with Crippen molar-refractivity contribution in [3.05, 3.63) is 49.4 Å². The maximum atomic E-state index is 12.5. The standard InChI is InChI=1S/C17H14IN3O2S/c1-10(22)21-7-6-11-13(8-19)17(24-15(11)9-21)20-16(23)12-4-2-3-5-14(12)18/h2-5H,6-7,9H2,1H3,(H,20,23). The number of nitrogens with zero attached hydrogens (tertiary/aromatic N) is 2. The summed E-state index contributed by atoms with van der Waals surface area (Å²) in [5.74, 6) is -0.199. The monoisotopic (exact) mass is 451 g/mol. The number of nitrogens with one attached hydrogen (secondary N) is 1. The molecule has 0 saturated heterocycles. The SMILES string of the molecule is CC(=O)N1CCc2c(sc(NC(=O)c3ccccc3I)c2C#N)C1. The molecule has 1 aromatic carbocycles. The molecule has 0 fully saturated rings. The molecule has 0 aliphatic carbocycles. The normalized spacial score (nSPS) is 13.1. The number of nitriles is 1. The lowest BCUT2D eigenvalue weighted by atomic mass is 10.0. The number of rotatable bonds is 2. The smallest absolute Gasteiger partial charge is 0.257 e. The third kappa shape index (κ3) is 3.16. The van der Waals surface area contributed by atoms with Crippen molar-refractivity contribution < 1.29 is 9.59 Å². The summed E-state index contributed by atoms with van der Waals surface area (Å²) in [5.41, 5.74) is 2.06. The molecular formula is C17H14IN3O2S. The van der Waals surface area contributed by atoms with E-state index in [0.29, 0.717) is 35.6 Å². The van der Waals surface area contributed by atoms with Crippen LogP contribution in [0.25, 0.3) is 0 Å². The van der Waals surface area contributed by atoms with Crippen LogP contribution in [0.4, 0.5) is 5.00 Å². The zero-order chi connectivity index (χ0) is 17.3. The molecule has 24 heavy (non-hydrogen) atoms. The highest BCUT2D eigenvalue weighted by Crippen LogP contribution is 2.37. The second kappa shape index (κ2) is 6.91. The zero-order valence-electron chi connectivity index (χ0n) is 12.9. The first-order valence-electron chi connectivity index (χ1n) is 7.37. The van der Waals surface area contributed by atoms with Crippen LogP contribution in [0.3, 0.4) is 0 Å². The van der Waals surface area contributed by atoms with E-state index < -0.39 is 0 Å². The van der Waals surface area contributed by atoms with E-state index in [0.717, 1.165) is 14.0 Å². The third-order valence-corrected chi connectivity index (χ3v) is 6.03. The number of hydrogen-bond donors (Lipinski definition) is 1. The minimum atomic E-state index is -0.224. The van der Waals surface area contributed by atoms with Crippen LogP contribution in [-0.4, -0.2) is 23.3 Å². The Morgan fingerprint density at radius 2 is 2.12 bits per heavy atom. The third-order valence-electron chi connectivity index (χ3n) is 3.96. The van der Waals surface area contributed by atoms with Crippen molar-refractivity contribution in [2.24, 2.45) is 0 Å². The van der Waals surface area contributed by atoms with Gasteiger partial charge in [-0.2, -0.15) is 5.26 Å². The van der Waals surface area contributed by atoms with Crippen LogP contribution < -0.4 is 5.32 Å². The van der Waals surface area contributed by atoms with Gasteiger partial charge in [-0.3, -0.25) is 9.59 Å². The van der Waals surface area contributed by atoms with Crippen LogP contribution >= 0.6 is 33.9 Å². The fourth-order valence-electron chi connectivity index (χ4n) is 2.69. The molecule has 1 aliphatic heterocycles. The van der Waals surface area contributed by atoms with E-state index in [1.54, 1.807) is 17.9 Å². The van der Waals surface area contributed by atoms with Crippen molar-refractivity contribution in [1.82, 2.24) is 4.90 Å². The predicted molar refractivity (Wildman–Crippen MR) is 101 cm³/mol. The van der Waals surface area contributed by atoms with Gasteiger partial charge in [0.1, 0.15) is 11.1 Å². The van der Waals surface area contributed by atoms with E-state index in [2.05, 4.69) is 34.0 Å². The summed E-state index contributed by atoms with van der Waals surface area (Å²) in [6.45, 7) is 2.66. The summed E-state index contributed by atoms with van der Waals surface area (Å²) in [7, 11) is 0. The molecule has 0 unspecified atom stereocenters. The Kier molecular flexibility index (Phi) is 4.87. The van der Waals surface area contributed by atoms with E-state index >= 15 is 0 Å². The fourth-order valence-corrected chi connectivity index (χ4v) is 4.54. The number of carbonyl (C=O) groups is 2. The Morgan fingerprint density at radius 3 is 2.79 bits per heavy atom. The lowest BCUT2D eigenvalue weighted by Crippen LogP contribution is -2.33. The molecule has 1 N–H and O–H groups in total. The van der Waals surface area contributed by atoms with Crippen LogP contribution in [0.15, 0.2) is 24.3 Å². The summed E-state index contributed by atoms with van der Waals surface area (Å²) in [4.78, 5) is 26.8. The van der Waals surface area contributed by atoms with Crippen molar-refractivity contribution in [2.75, 3.05) is 11.9 Å². The van der Waals surface area contributed by atoms with Gasteiger partial charge in [-0.25, -0.2) is 0 Å². The van der Waals surface area contributed by atoms with Crippen molar-refractivity contribution in [1.29, 1.82) is 5.26 Å². The summed E-state index contributed by atoms with van der Waals surface area (Å²) in [5, 5.41) is 12.9. The Labute approximate surface area is 157 Å². The highest BCUT2D eigenvalue weighted by atomic mass is 127. The quantitative estimate of drug-likeness (QED) is 0.712. The molecule has 0 bridgehead atoms. The van der Waals surface area contributed by atoms with Gasteiger partial charge in [0.2, 0.25) is 5.91 Å². The van der Waals surface area contributed by atoms with Crippen LogP contribution in [-0.2, 0) is 17.8 Å². The van der Waals surface area contributed by atoms with E-state index in [-0.39, 0.29) is 11.8 Å². The molecule has 2 amide bonds. The predicted octanol–water partition coefficient (Wildman–Crippen LogP) is 3.38. The van der Waals surface area contributed by atoms with Gasteiger partial charge in [-0.1, -0.05) is 12.1 Å². The summed E-state index contributed by atoms with van der Waals surface area (Å²) < 4.78 is 0.857. The van der Waals surface area contributed by atoms with E-state index in [9.17, 15) is 14.9 Å². The second-order valence-corrected chi connectivity index (χ2v) is 7.71. The first kappa shape index (κ1) is 16.9. The maximum absolute atomic E-state index is 12.5. The fraction of sp³-hybridized carbons (Fsp3) is 0.235. The summed E-state index contributed by atoms with van der Waals surface area (Å²) in [6, 6.07) is 9.52. The topological polar surface area (TPSA) is 73.2 Å². The molecule has 5 nitrogen and oxygen atoms in total. The Morgan fingerprint density at radius 1 is 1.38 bits per heavy atom. The van der Waals surface area contributed by atoms with E-state index in [1.165, 1.54) is 11.3 Å². The largest absolute Gasteiger partial charge is 0.337 e. The number of benzene rings is 1. The van der Waals surface area contributed by atoms with Gasteiger partial charge in [0.25, 0.3) is 5.91 Å². The van der Waals surface area contributed by atoms with Gasteiger partial charge in [-0.05, 0) is 46.7 Å². The molecule has 1 aliphatic rings. The van der Waals surface area contributed by atoms with Crippen molar-refractivity contribution in [2.45, 2.75) is 19.9 Å². The van der Waals surface area contributed by atoms with Gasteiger partial charge in [-0.15, -0.1) is 11.3 Å². The van der Waals surface area contributed by atoms with E-state index in [1.807, 2.05) is 18.2 Å².